The third-order valence-corrected chi connectivity index (χ3v) is 10.5. The van der Waals surface area contributed by atoms with Crippen LogP contribution in [-0.2, 0) is 35.1 Å². The first-order valence-electron chi connectivity index (χ1n) is 14.5. The summed E-state index contributed by atoms with van der Waals surface area (Å²) in [5.41, 5.74) is -0.922. The van der Waals surface area contributed by atoms with Crippen LogP contribution in [0.3, 0.4) is 0 Å². The Morgan fingerprint density at radius 1 is 1.10 bits per heavy atom. The largest absolute Gasteiger partial charge is 0.457 e. The number of carbonyl (C=O) groups excluding carboxylic acids is 4. The van der Waals surface area contributed by atoms with Crippen molar-refractivity contribution in [2.45, 2.75) is 77.9 Å². The van der Waals surface area contributed by atoms with Gasteiger partial charge in [-0.05, 0) is 61.2 Å². The molecule has 0 aromatic heterocycles. The zero-order valence-corrected chi connectivity index (χ0v) is 23.9. The number of hydrogen-bond donors (Lipinski definition) is 1. The topological polar surface area (TPSA) is 107 Å². The maximum absolute atomic E-state index is 14.0. The normalized spacial score (nSPS) is 38.0. The van der Waals surface area contributed by atoms with Gasteiger partial charge in [0.2, 0.25) is 5.78 Å². The van der Waals surface area contributed by atoms with Crippen LogP contribution in [0.1, 0.15) is 65.4 Å². The van der Waals surface area contributed by atoms with Gasteiger partial charge < -0.3 is 14.6 Å². The number of rotatable bonds is 7. The first-order valence-corrected chi connectivity index (χ1v) is 14.5. The number of Topliss-reactive ketones (excluding diaryl/α,β-unsaturated/α-hetero) is 1. The Hall–Kier alpha value is -3.06. The first-order chi connectivity index (χ1) is 18.9. The second kappa shape index (κ2) is 10.4. The SMILES string of the molecule is CCC(=O)O[C@]1(C(=O)COC(=O)Cc2ccccc2)CC[C@H]2[C@@H]3C[C@H](C)C4=CC(=O)C=C[C@]4(C)[C@H]3C(O)C[C@@]21C. The Morgan fingerprint density at radius 2 is 1.82 bits per heavy atom. The van der Waals surface area contributed by atoms with Gasteiger partial charge in [0.15, 0.2) is 18.0 Å². The maximum atomic E-state index is 14.0. The van der Waals surface area contributed by atoms with E-state index in [1.807, 2.05) is 43.3 Å². The number of benzene rings is 1. The third kappa shape index (κ3) is 4.47. The monoisotopic (exact) mass is 548 g/mol. The zero-order chi connectivity index (χ0) is 28.9. The van der Waals surface area contributed by atoms with Gasteiger partial charge in [0.05, 0.1) is 12.5 Å². The number of allylic oxidation sites excluding steroid dienone is 4. The molecule has 0 spiro atoms. The second-order valence-electron chi connectivity index (χ2n) is 12.7. The van der Waals surface area contributed by atoms with Crippen molar-refractivity contribution in [1.82, 2.24) is 0 Å². The lowest BCUT2D eigenvalue weighted by Gasteiger charge is -2.61. The molecule has 0 saturated heterocycles. The highest BCUT2D eigenvalue weighted by Crippen LogP contribution is 2.68. The second-order valence-corrected chi connectivity index (χ2v) is 12.7. The number of carbonyl (C=O) groups is 4. The molecule has 0 heterocycles. The molecule has 8 atom stereocenters. The fourth-order valence-corrected chi connectivity index (χ4v) is 8.76. The smallest absolute Gasteiger partial charge is 0.310 e. The van der Waals surface area contributed by atoms with Gasteiger partial charge in [-0.15, -0.1) is 0 Å². The van der Waals surface area contributed by atoms with Crippen LogP contribution in [-0.4, -0.2) is 46.9 Å². The highest BCUT2D eigenvalue weighted by atomic mass is 16.6. The van der Waals surface area contributed by atoms with Gasteiger partial charge in [-0.25, -0.2) is 0 Å². The van der Waals surface area contributed by atoms with Crippen LogP contribution < -0.4 is 0 Å². The molecule has 7 nitrogen and oxygen atoms in total. The summed E-state index contributed by atoms with van der Waals surface area (Å²) in [4.78, 5) is 51.6. The Morgan fingerprint density at radius 3 is 2.52 bits per heavy atom. The lowest BCUT2D eigenvalue weighted by molar-refractivity contribution is -0.201. The molecule has 3 fully saturated rings. The molecule has 214 valence electrons. The van der Waals surface area contributed by atoms with E-state index in [9.17, 15) is 24.3 Å². The minimum atomic E-state index is -1.48. The Labute approximate surface area is 236 Å². The summed E-state index contributed by atoms with van der Waals surface area (Å²) < 4.78 is 11.5. The average molecular weight is 549 g/mol. The van der Waals surface area contributed by atoms with Crippen LogP contribution in [0, 0.1) is 34.5 Å². The lowest BCUT2D eigenvalue weighted by atomic mass is 9.44. The van der Waals surface area contributed by atoms with E-state index in [1.165, 1.54) is 0 Å². The Balaban J connectivity index is 1.44. The molecular weight excluding hydrogens is 508 g/mol. The van der Waals surface area contributed by atoms with Crippen LogP contribution in [0.5, 0.6) is 0 Å². The molecule has 4 aliphatic rings. The highest BCUT2D eigenvalue weighted by molar-refractivity contribution is 6.01. The standard InChI is InChI=1S/C33H40O7/c1-5-28(37)40-33(27(36)19-39-29(38)16-21-9-7-6-8-10-21)14-12-24-23-15-20(2)25-17-22(34)11-13-31(25,3)30(23)26(35)18-32(24,33)4/h6-11,13,17,20,23-24,26,30,35H,5,12,14-16,18-19H2,1-4H3/t20-,23-,24-,26?,30+,31-,32-,33-/m0/s1. The van der Waals surface area contributed by atoms with Gasteiger partial charge in [0.25, 0.3) is 0 Å². The van der Waals surface area contributed by atoms with E-state index >= 15 is 0 Å². The molecule has 1 aromatic carbocycles. The van der Waals surface area contributed by atoms with Crippen molar-refractivity contribution < 1.29 is 33.8 Å². The zero-order valence-electron chi connectivity index (χ0n) is 23.9. The van der Waals surface area contributed by atoms with Crippen LogP contribution in [0.25, 0.3) is 0 Å². The Kier molecular flexibility index (Phi) is 7.40. The number of ketones is 2. The summed E-state index contributed by atoms with van der Waals surface area (Å²) >= 11 is 0. The van der Waals surface area contributed by atoms with Crippen LogP contribution in [0.2, 0.25) is 0 Å². The van der Waals surface area contributed by atoms with Gasteiger partial charge in [-0.3, -0.25) is 19.2 Å². The van der Waals surface area contributed by atoms with Crippen LogP contribution in [0.4, 0.5) is 0 Å². The quantitative estimate of drug-likeness (QED) is 0.498. The van der Waals surface area contributed by atoms with Crippen molar-refractivity contribution in [3.63, 3.8) is 0 Å². The van der Waals surface area contributed by atoms with Crippen molar-refractivity contribution in [3.05, 3.63) is 59.7 Å². The van der Waals surface area contributed by atoms with Crippen molar-refractivity contribution >= 4 is 23.5 Å². The molecule has 7 heteroatoms. The molecule has 4 aliphatic carbocycles. The predicted octanol–water partition coefficient (Wildman–Crippen LogP) is 4.56. The predicted molar refractivity (Wildman–Crippen MR) is 148 cm³/mol. The molecule has 0 radical (unpaired) electrons. The summed E-state index contributed by atoms with van der Waals surface area (Å²) in [6, 6.07) is 9.17. The summed E-state index contributed by atoms with van der Waals surface area (Å²) in [6.07, 6.45) is 6.73. The van der Waals surface area contributed by atoms with Gasteiger partial charge in [0, 0.05) is 23.2 Å². The summed E-state index contributed by atoms with van der Waals surface area (Å²) in [6.45, 7) is 7.41. The molecule has 0 amide bonds. The van der Waals surface area contributed by atoms with Gasteiger partial charge in [-0.1, -0.05) is 69.7 Å². The number of hydrogen-bond acceptors (Lipinski definition) is 7. The van der Waals surface area contributed by atoms with Crippen molar-refractivity contribution in [3.8, 4) is 0 Å². The van der Waals surface area contributed by atoms with Gasteiger partial charge in [-0.2, -0.15) is 0 Å². The molecule has 0 aliphatic heterocycles. The molecule has 0 bridgehead atoms. The molecule has 1 unspecified atom stereocenters. The van der Waals surface area contributed by atoms with Gasteiger partial charge in [0.1, 0.15) is 0 Å². The molecular formula is C33H40O7. The van der Waals surface area contributed by atoms with E-state index in [2.05, 4.69) is 13.8 Å². The van der Waals surface area contributed by atoms with Crippen molar-refractivity contribution in [2.75, 3.05) is 6.61 Å². The molecule has 5 rings (SSSR count). The van der Waals surface area contributed by atoms with E-state index in [0.29, 0.717) is 12.8 Å². The lowest BCUT2D eigenvalue weighted by Crippen LogP contribution is -2.63. The summed E-state index contributed by atoms with van der Waals surface area (Å²) in [5.74, 6) is -1.35. The number of aliphatic hydroxyl groups excluding tert-OH is 1. The number of fused-ring (bicyclic) bond motifs is 5. The Bertz CT molecular complexity index is 1260. The van der Waals surface area contributed by atoms with E-state index in [4.69, 9.17) is 9.47 Å². The minimum Gasteiger partial charge on any atom is -0.457 e. The summed E-state index contributed by atoms with van der Waals surface area (Å²) in [7, 11) is 0. The number of aliphatic hydroxyl groups is 1. The summed E-state index contributed by atoms with van der Waals surface area (Å²) in [5, 5.41) is 11.8. The van der Waals surface area contributed by atoms with Crippen molar-refractivity contribution in [2.24, 2.45) is 34.5 Å². The number of esters is 2. The van der Waals surface area contributed by atoms with Gasteiger partial charge >= 0.3 is 11.9 Å². The highest BCUT2D eigenvalue weighted by Gasteiger charge is 2.70. The van der Waals surface area contributed by atoms with Crippen LogP contribution >= 0.6 is 0 Å². The minimum absolute atomic E-state index is 0.0152. The average Bonchev–Trinajstić information content (AvgIpc) is 3.20. The fraction of sp³-hybridized carbons (Fsp3) is 0.576. The fourth-order valence-electron chi connectivity index (χ4n) is 8.76. The maximum Gasteiger partial charge on any atom is 0.310 e. The van der Waals surface area contributed by atoms with E-state index in [-0.39, 0.29) is 48.7 Å². The first kappa shape index (κ1) is 28.5. The molecule has 3 saturated carbocycles. The number of ether oxygens (including phenoxy) is 2. The molecule has 1 aromatic rings. The van der Waals surface area contributed by atoms with Crippen LogP contribution in [0.15, 0.2) is 54.1 Å². The van der Waals surface area contributed by atoms with E-state index < -0.39 is 46.9 Å². The molecule has 1 N–H and O–H groups in total. The third-order valence-electron chi connectivity index (χ3n) is 10.5. The van der Waals surface area contributed by atoms with Crippen molar-refractivity contribution in [1.29, 1.82) is 0 Å². The van der Waals surface area contributed by atoms with E-state index in [0.717, 1.165) is 17.6 Å². The van der Waals surface area contributed by atoms with E-state index in [1.54, 1.807) is 19.1 Å². The molecule has 40 heavy (non-hydrogen) atoms.